The van der Waals surface area contributed by atoms with E-state index in [1.165, 1.54) is 30.5 Å². The van der Waals surface area contributed by atoms with Crippen LogP contribution in [-0.4, -0.2) is 41.3 Å². The zero-order valence-electron chi connectivity index (χ0n) is 14.9. The second kappa shape index (κ2) is 6.90. The summed E-state index contributed by atoms with van der Waals surface area (Å²) in [5.41, 5.74) is 2.93. The number of nitrogens with zero attached hydrogens (tertiary/aromatic N) is 2. The van der Waals surface area contributed by atoms with E-state index in [-0.39, 0.29) is 11.4 Å². The van der Waals surface area contributed by atoms with Gasteiger partial charge >= 0.3 is 5.97 Å². The predicted octanol–water partition coefficient (Wildman–Crippen LogP) is 3.03. The third kappa shape index (κ3) is 3.58. The molecule has 1 aliphatic heterocycles. The van der Waals surface area contributed by atoms with E-state index in [9.17, 15) is 14.3 Å². The van der Waals surface area contributed by atoms with Crippen molar-refractivity contribution in [3.63, 3.8) is 0 Å². The third-order valence-electron chi connectivity index (χ3n) is 4.74. The van der Waals surface area contributed by atoms with Crippen LogP contribution >= 0.6 is 0 Å². The molecule has 1 fully saturated rings. The van der Waals surface area contributed by atoms with Gasteiger partial charge in [-0.1, -0.05) is 0 Å². The number of carboxylic acids is 1. The van der Waals surface area contributed by atoms with Crippen LogP contribution in [-0.2, 0) is 0 Å². The number of nitrogens with one attached hydrogen (secondary N) is 1. The number of aromatic carboxylic acids is 1. The molecule has 2 aromatic rings. The van der Waals surface area contributed by atoms with Crippen molar-refractivity contribution in [3.8, 4) is 5.75 Å². The molecule has 140 valence electrons. The molecule has 27 heavy (non-hydrogen) atoms. The van der Waals surface area contributed by atoms with Crippen LogP contribution in [0.15, 0.2) is 36.5 Å². The molecular weight excluding hydrogens is 349 g/mol. The van der Waals surface area contributed by atoms with Crippen molar-refractivity contribution in [2.45, 2.75) is 12.8 Å². The highest BCUT2D eigenvalue weighted by Crippen LogP contribution is 2.37. The first-order chi connectivity index (χ1) is 13.0. The van der Waals surface area contributed by atoms with Gasteiger partial charge in [-0.05, 0) is 43.0 Å². The molecule has 0 amide bonds. The van der Waals surface area contributed by atoms with E-state index < -0.39 is 5.97 Å². The summed E-state index contributed by atoms with van der Waals surface area (Å²) >= 11 is 0. The molecule has 0 saturated heterocycles. The van der Waals surface area contributed by atoms with Crippen molar-refractivity contribution in [2.75, 3.05) is 20.3 Å². The fourth-order valence-corrected chi connectivity index (χ4v) is 3.11. The smallest absolute Gasteiger partial charge is 0.335 e. The fourth-order valence-electron chi connectivity index (χ4n) is 3.11. The summed E-state index contributed by atoms with van der Waals surface area (Å²) in [6.45, 7) is 1.10. The first-order valence-corrected chi connectivity index (χ1v) is 8.84. The summed E-state index contributed by atoms with van der Waals surface area (Å²) in [5.74, 6) is -0.337. The lowest BCUT2D eigenvalue weighted by Gasteiger charge is -2.19. The third-order valence-corrected chi connectivity index (χ3v) is 4.74. The van der Waals surface area contributed by atoms with Crippen molar-refractivity contribution in [2.24, 2.45) is 5.92 Å². The van der Waals surface area contributed by atoms with E-state index in [2.05, 4.69) is 10.3 Å². The zero-order chi connectivity index (χ0) is 19.0. The molecule has 0 radical (unpaired) electrons. The Balaban J connectivity index is 1.78. The Morgan fingerprint density at radius 3 is 2.93 bits per heavy atom. The number of benzene rings is 1. The standard InChI is InChI=1S/C20H20FN3O3/c1-24-11-23-18(16-8-13(20(25)26)6-7-22-16)19(24)15-5-4-14(21)9-17(15)27-10-12-2-3-12/h4-9,12,23H,2-3,10-11H2,1H3,(H,25,26). The van der Waals surface area contributed by atoms with Crippen LogP contribution in [0.25, 0.3) is 11.4 Å². The van der Waals surface area contributed by atoms with E-state index in [1.807, 2.05) is 11.9 Å². The zero-order valence-corrected chi connectivity index (χ0v) is 14.9. The maximum absolute atomic E-state index is 13.8. The summed E-state index contributed by atoms with van der Waals surface area (Å²) in [6.07, 6.45) is 3.76. The van der Waals surface area contributed by atoms with Crippen LogP contribution in [0.5, 0.6) is 5.75 Å². The van der Waals surface area contributed by atoms with Gasteiger partial charge in [-0.3, -0.25) is 4.98 Å². The van der Waals surface area contributed by atoms with Crippen LogP contribution in [0, 0.1) is 11.7 Å². The van der Waals surface area contributed by atoms with Crippen LogP contribution < -0.4 is 10.1 Å². The molecule has 1 aliphatic carbocycles. The molecular formula is C20H20FN3O3. The Labute approximate surface area is 156 Å². The van der Waals surface area contributed by atoms with Crippen LogP contribution in [0.4, 0.5) is 4.39 Å². The molecule has 0 bridgehead atoms. The molecule has 4 rings (SSSR count). The van der Waals surface area contributed by atoms with Crippen molar-refractivity contribution in [1.29, 1.82) is 0 Å². The molecule has 2 heterocycles. The largest absolute Gasteiger partial charge is 0.492 e. The Morgan fingerprint density at radius 1 is 1.37 bits per heavy atom. The van der Waals surface area contributed by atoms with Gasteiger partial charge in [-0.2, -0.15) is 0 Å². The van der Waals surface area contributed by atoms with E-state index in [4.69, 9.17) is 4.74 Å². The van der Waals surface area contributed by atoms with Gasteiger partial charge in [0.25, 0.3) is 0 Å². The van der Waals surface area contributed by atoms with Crippen LogP contribution in [0.3, 0.4) is 0 Å². The lowest BCUT2D eigenvalue weighted by Crippen LogP contribution is -2.18. The predicted molar refractivity (Wildman–Crippen MR) is 98.4 cm³/mol. The van der Waals surface area contributed by atoms with Gasteiger partial charge in [-0.25, -0.2) is 9.18 Å². The Hall–Kier alpha value is -3.09. The van der Waals surface area contributed by atoms with Crippen LogP contribution in [0.2, 0.25) is 0 Å². The summed E-state index contributed by atoms with van der Waals surface area (Å²) in [4.78, 5) is 17.6. The molecule has 6 nitrogen and oxygen atoms in total. The Bertz CT molecular complexity index is 924. The molecule has 2 aliphatic rings. The number of hydrogen-bond acceptors (Lipinski definition) is 5. The molecule has 0 unspecified atom stereocenters. The lowest BCUT2D eigenvalue weighted by atomic mass is 10.1. The molecule has 2 N–H and O–H groups in total. The monoisotopic (exact) mass is 369 g/mol. The van der Waals surface area contributed by atoms with Gasteiger partial charge < -0.3 is 20.1 Å². The number of pyridine rings is 1. The first-order valence-electron chi connectivity index (χ1n) is 8.84. The fraction of sp³-hybridized carbons (Fsp3) is 0.300. The minimum Gasteiger partial charge on any atom is -0.492 e. The molecule has 1 saturated carbocycles. The first kappa shape index (κ1) is 17.3. The maximum Gasteiger partial charge on any atom is 0.335 e. The van der Waals surface area contributed by atoms with Gasteiger partial charge in [0.1, 0.15) is 11.6 Å². The molecule has 0 atom stereocenters. The average molecular weight is 369 g/mol. The van der Waals surface area contributed by atoms with E-state index in [1.54, 1.807) is 6.07 Å². The molecule has 7 heteroatoms. The Kier molecular flexibility index (Phi) is 4.43. The maximum atomic E-state index is 13.8. The molecule has 1 aromatic heterocycles. The number of aromatic nitrogens is 1. The number of carbonyl (C=O) groups is 1. The summed E-state index contributed by atoms with van der Waals surface area (Å²) < 4.78 is 19.7. The highest BCUT2D eigenvalue weighted by Gasteiger charge is 2.27. The number of rotatable bonds is 6. The highest BCUT2D eigenvalue weighted by atomic mass is 19.1. The minimum atomic E-state index is -1.01. The van der Waals surface area contributed by atoms with Crippen molar-refractivity contribution in [1.82, 2.24) is 15.2 Å². The van der Waals surface area contributed by atoms with Crippen LogP contribution in [0.1, 0.15) is 34.5 Å². The van der Waals surface area contributed by atoms with Gasteiger partial charge in [0.2, 0.25) is 0 Å². The number of ether oxygens (including phenoxy) is 1. The SMILES string of the molecule is CN1CNC(c2cc(C(=O)O)ccn2)=C1c1ccc(F)cc1OCC1CC1. The second-order valence-corrected chi connectivity index (χ2v) is 6.89. The minimum absolute atomic E-state index is 0.160. The highest BCUT2D eigenvalue weighted by molar-refractivity contribution is 5.93. The molecule has 0 spiro atoms. The van der Waals surface area contributed by atoms with Gasteiger partial charge in [0.15, 0.2) is 0 Å². The van der Waals surface area contributed by atoms with Crippen molar-refractivity contribution >= 4 is 17.4 Å². The number of halogens is 1. The van der Waals surface area contributed by atoms with E-state index >= 15 is 0 Å². The normalized spacial score (nSPS) is 16.4. The van der Waals surface area contributed by atoms with Gasteiger partial charge in [-0.15, -0.1) is 0 Å². The summed E-state index contributed by atoms with van der Waals surface area (Å²) in [6, 6.07) is 7.47. The topological polar surface area (TPSA) is 74.7 Å². The quantitative estimate of drug-likeness (QED) is 0.815. The number of hydrogen-bond donors (Lipinski definition) is 2. The van der Waals surface area contributed by atoms with Crippen molar-refractivity contribution < 1.29 is 19.0 Å². The number of carboxylic acid groups (broad SMARTS) is 1. The van der Waals surface area contributed by atoms with E-state index in [0.29, 0.717) is 36.3 Å². The lowest BCUT2D eigenvalue weighted by molar-refractivity contribution is 0.0696. The second-order valence-electron chi connectivity index (χ2n) is 6.89. The summed E-state index contributed by atoms with van der Waals surface area (Å²) in [5, 5.41) is 12.5. The Morgan fingerprint density at radius 2 is 2.19 bits per heavy atom. The van der Waals surface area contributed by atoms with Crippen molar-refractivity contribution in [3.05, 3.63) is 59.2 Å². The van der Waals surface area contributed by atoms with Gasteiger partial charge in [0.05, 0.1) is 35.9 Å². The summed E-state index contributed by atoms with van der Waals surface area (Å²) in [7, 11) is 1.91. The molecule has 1 aromatic carbocycles. The van der Waals surface area contributed by atoms with E-state index in [0.717, 1.165) is 24.1 Å². The average Bonchev–Trinajstić information content (AvgIpc) is 3.41. The van der Waals surface area contributed by atoms with Gasteiger partial charge in [0, 0.05) is 24.9 Å².